The van der Waals surface area contributed by atoms with Gasteiger partial charge in [-0.1, -0.05) is 89.6 Å². The van der Waals surface area contributed by atoms with E-state index in [0.717, 1.165) is 22.8 Å². The molecule has 0 aliphatic carbocycles. The molecular weight excluding hydrogens is 701 g/mol. The molecule has 1 unspecified atom stereocenters. The topological polar surface area (TPSA) is 138 Å². The fourth-order valence-electron chi connectivity index (χ4n) is 5.83. The van der Waals surface area contributed by atoms with Crippen LogP contribution in [-0.2, 0) is 28.7 Å². The Morgan fingerprint density at radius 2 is 1.46 bits per heavy atom. The summed E-state index contributed by atoms with van der Waals surface area (Å²) in [5.74, 6) is -1.08. The summed E-state index contributed by atoms with van der Waals surface area (Å²) in [6, 6.07) is 32.5. The van der Waals surface area contributed by atoms with E-state index in [9.17, 15) is 33.0 Å². The lowest BCUT2D eigenvalue weighted by Crippen LogP contribution is -2.33. The SMILES string of the molecule is COc1ccc(CC(=O)Nc2ccc(C(O)N(CC(=O)O)Cc3ccc(-c4noc(-c5ccc(-c6ccc(C)cc6)cc5)n4)cc3)cc2)c(C(F)(F)F)c1. The summed E-state index contributed by atoms with van der Waals surface area (Å²) in [6.07, 6.45) is -6.55. The molecule has 13 heteroatoms. The third-order valence-corrected chi connectivity index (χ3v) is 8.69. The Bertz CT molecular complexity index is 2220. The van der Waals surface area contributed by atoms with Gasteiger partial charge < -0.3 is 24.8 Å². The van der Waals surface area contributed by atoms with Gasteiger partial charge in [-0.3, -0.25) is 14.5 Å². The molecule has 6 aromatic rings. The van der Waals surface area contributed by atoms with Crippen molar-refractivity contribution in [2.45, 2.75) is 32.3 Å². The van der Waals surface area contributed by atoms with Crippen LogP contribution in [0.2, 0.25) is 0 Å². The van der Waals surface area contributed by atoms with Gasteiger partial charge in [0.05, 0.1) is 25.6 Å². The minimum Gasteiger partial charge on any atom is -0.497 e. The van der Waals surface area contributed by atoms with Gasteiger partial charge in [-0.25, -0.2) is 0 Å². The molecule has 0 saturated carbocycles. The summed E-state index contributed by atoms with van der Waals surface area (Å²) in [7, 11) is 1.25. The van der Waals surface area contributed by atoms with Crippen molar-refractivity contribution in [3.63, 3.8) is 0 Å². The van der Waals surface area contributed by atoms with Crippen LogP contribution in [0.15, 0.2) is 120 Å². The Kier molecular flexibility index (Phi) is 11.2. The highest BCUT2D eigenvalue weighted by molar-refractivity contribution is 5.92. The van der Waals surface area contributed by atoms with Gasteiger partial charge in [0.1, 0.15) is 12.0 Å². The number of amides is 1. The van der Waals surface area contributed by atoms with Gasteiger partial charge in [0, 0.05) is 23.4 Å². The number of rotatable bonds is 13. The first kappa shape index (κ1) is 37.4. The van der Waals surface area contributed by atoms with E-state index in [1.807, 2.05) is 31.2 Å². The molecule has 0 spiro atoms. The molecule has 276 valence electrons. The maximum Gasteiger partial charge on any atom is 0.416 e. The molecule has 54 heavy (non-hydrogen) atoms. The fourth-order valence-corrected chi connectivity index (χ4v) is 5.83. The number of hydrogen-bond donors (Lipinski definition) is 3. The van der Waals surface area contributed by atoms with Crippen LogP contribution in [0.1, 0.15) is 34.0 Å². The third-order valence-electron chi connectivity index (χ3n) is 8.69. The number of carbonyl (C=O) groups is 2. The molecule has 1 heterocycles. The molecule has 0 saturated heterocycles. The molecule has 1 atom stereocenters. The zero-order valence-electron chi connectivity index (χ0n) is 29.2. The summed E-state index contributed by atoms with van der Waals surface area (Å²) >= 11 is 0. The number of carboxylic acid groups (broad SMARTS) is 1. The van der Waals surface area contributed by atoms with Crippen molar-refractivity contribution in [3.8, 4) is 39.7 Å². The number of aryl methyl sites for hydroxylation is 1. The van der Waals surface area contributed by atoms with E-state index >= 15 is 0 Å². The molecule has 0 bridgehead atoms. The maximum absolute atomic E-state index is 13.6. The lowest BCUT2D eigenvalue weighted by molar-refractivity contribution is -0.142. The number of carbonyl (C=O) groups excluding carboxylic acids is 1. The van der Waals surface area contributed by atoms with Crippen LogP contribution in [0.3, 0.4) is 0 Å². The van der Waals surface area contributed by atoms with Gasteiger partial charge in [-0.15, -0.1) is 0 Å². The van der Waals surface area contributed by atoms with Crippen molar-refractivity contribution in [3.05, 3.63) is 143 Å². The first-order valence-electron chi connectivity index (χ1n) is 16.7. The molecule has 0 aliphatic rings. The number of nitrogens with one attached hydrogen (secondary N) is 1. The monoisotopic (exact) mass is 736 g/mol. The number of alkyl halides is 3. The standard InChI is InChI=1S/C41H35F3N4O6/c1-25-3-7-27(8-4-25)28-11-13-30(14-12-28)39-46-38(47-54-39)29-9-5-26(6-10-29)23-48(24-37(50)51)40(52)31-15-18-33(19-16-31)45-36(49)21-32-17-20-34(53-2)22-35(32)41(42,43)44/h3-20,22,40,52H,21,23-24H2,1-2H3,(H,45,49)(H,50,51). The van der Waals surface area contributed by atoms with Crippen molar-refractivity contribution < 1.29 is 42.2 Å². The van der Waals surface area contributed by atoms with Crippen LogP contribution in [0.25, 0.3) is 34.0 Å². The second-order valence-electron chi connectivity index (χ2n) is 12.6. The summed E-state index contributed by atoms with van der Waals surface area (Å²) in [5.41, 5.74) is 4.93. The van der Waals surface area contributed by atoms with Crippen molar-refractivity contribution in [2.24, 2.45) is 0 Å². The number of aromatic nitrogens is 2. The van der Waals surface area contributed by atoms with Crippen LogP contribution < -0.4 is 10.1 Å². The van der Waals surface area contributed by atoms with Crippen LogP contribution in [0.4, 0.5) is 18.9 Å². The molecule has 3 N–H and O–H groups in total. The lowest BCUT2D eigenvalue weighted by Gasteiger charge is -2.27. The van der Waals surface area contributed by atoms with E-state index in [-0.39, 0.29) is 23.5 Å². The smallest absolute Gasteiger partial charge is 0.416 e. The maximum atomic E-state index is 13.6. The Hall–Kier alpha value is -6.31. The number of ether oxygens (including phenoxy) is 1. The number of aliphatic hydroxyl groups excluding tert-OH is 1. The number of hydrogen-bond acceptors (Lipinski definition) is 8. The number of aliphatic carboxylic acids is 1. The van der Waals surface area contributed by atoms with Crippen molar-refractivity contribution in [2.75, 3.05) is 19.0 Å². The number of halogens is 3. The number of methoxy groups -OCH3 is 1. The molecule has 5 aromatic carbocycles. The average Bonchev–Trinajstić information content (AvgIpc) is 3.65. The quantitative estimate of drug-likeness (QED) is 0.100. The summed E-state index contributed by atoms with van der Waals surface area (Å²) in [5, 5.41) is 27.4. The molecule has 6 rings (SSSR count). The third kappa shape index (κ3) is 9.18. The van der Waals surface area contributed by atoms with E-state index < -0.39 is 42.8 Å². The van der Waals surface area contributed by atoms with Gasteiger partial charge in [-0.2, -0.15) is 18.2 Å². The van der Waals surface area contributed by atoms with Crippen molar-refractivity contribution >= 4 is 17.6 Å². The predicted octanol–water partition coefficient (Wildman–Crippen LogP) is 8.17. The molecule has 1 amide bonds. The summed E-state index contributed by atoms with van der Waals surface area (Å²) in [6.45, 7) is 1.63. The summed E-state index contributed by atoms with van der Waals surface area (Å²) in [4.78, 5) is 30.3. The minimum absolute atomic E-state index is 0.0179. The van der Waals surface area contributed by atoms with Crippen LogP contribution in [0.5, 0.6) is 5.75 Å². The van der Waals surface area contributed by atoms with Gasteiger partial charge in [0.2, 0.25) is 11.7 Å². The van der Waals surface area contributed by atoms with E-state index in [1.54, 1.807) is 24.3 Å². The highest BCUT2D eigenvalue weighted by atomic mass is 19.4. The second-order valence-corrected chi connectivity index (χ2v) is 12.6. The molecule has 10 nitrogen and oxygen atoms in total. The first-order chi connectivity index (χ1) is 25.9. The number of nitrogens with zero attached hydrogens (tertiary/aromatic N) is 3. The Morgan fingerprint density at radius 3 is 2.07 bits per heavy atom. The first-order valence-corrected chi connectivity index (χ1v) is 16.7. The highest BCUT2D eigenvalue weighted by Crippen LogP contribution is 2.35. The van der Waals surface area contributed by atoms with Gasteiger partial charge in [0.15, 0.2) is 0 Å². The zero-order valence-corrected chi connectivity index (χ0v) is 29.2. The van der Waals surface area contributed by atoms with E-state index in [0.29, 0.717) is 28.4 Å². The lowest BCUT2D eigenvalue weighted by atomic mass is 10.0. The van der Waals surface area contributed by atoms with Crippen molar-refractivity contribution in [1.29, 1.82) is 0 Å². The average molecular weight is 737 g/mol. The van der Waals surface area contributed by atoms with E-state index in [2.05, 4.69) is 39.7 Å². The second kappa shape index (κ2) is 16.1. The van der Waals surface area contributed by atoms with Crippen LogP contribution in [0, 0.1) is 6.92 Å². The summed E-state index contributed by atoms with van der Waals surface area (Å²) < 4.78 is 51.2. The Morgan fingerprint density at radius 1 is 0.852 bits per heavy atom. The largest absolute Gasteiger partial charge is 0.497 e. The Balaban J connectivity index is 1.08. The van der Waals surface area contributed by atoms with Gasteiger partial charge in [-0.05, 0) is 71.1 Å². The highest BCUT2D eigenvalue weighted by Gasteiger charge is 2.34. The zero-order chi connectivity index (χ0) is 38.4. The Labute approximate surface area is 308 Å². The minimum atomic E-state index is -4.68. The van der Waals surface area contributed by atoms with Crippen molar-refractivity contribution in [1.82, 2.24) is 15.0 Å². The molecule has 1 aromatic heterocycles. The number of anilines is 1. The van der Waals surface area contributed by atoms with E-state index in [1.165, 1.54) is 54.0 Å². The molecular formula is C41H35F3N4O6. The predicted molar refractivity (Wildman–Crippen MR) is 195 cm³/mol. The normalized spacial score (nSPS) is 12.1. The van der Waals surface area contributed by atoms with Gasteiger partial charge >= 0.3 is 12.1 Å². The van der Waals surface area contributed by atoms with Gasteiger partial charge in [0.25, 0.3) is 5.89 Å². The molecule has 0 aliphatic heterocycles. The van der Waals surface area contributed by atoms with Crippen LogP contribution in [-0.4, -0.2) is 50.8 Å². The number of benzene rings is 5. The number of aliphatic hydroxyl groups is 1. The number of carboxylic acids is 1. The van der Waals surface area contributed by atoms with E-state index in [4.69, 9.17) is 9.26 Å². The molecule has 0 fully saturated rings. The molecule has 0 radical (unpaired) electrons. The fraction of sp³-hybridized carbons (Fsp3) is 0.171. The van der Waals surface area contributed by atoms with Crippen LogP contribution >= 0.6 is 0 Å².